The lowest BCUT2D eigenvalue weighted by Crippen LogP contribution is -2.49. The zero-order valence-electron chi connectivity index (χ0n) is 20.9. The van der Waals surface area contributed by atoms with E-state index in [0.29, 0.717) is 11.8 Å². The Bertz CT molecular complexity index is 1710. The van der Waals surface area contributed by atoms with E-state index in [4.69, 9.17) is 0 Å². The van der Waals surface area contributed by atoms with E-state index >= 15 is 0 Å². The lowest BCUT2D eigenvalue weighted by molar-refractivity contribution is 0.847. The van der Waals surface area contributed by atoms with Gasteiger partial charge in [-0.3, -0.25) is 0 Å². The molecule has 0 spiro atoms. The average molecular weight is 448 g/mol. The van der Waals surface area contributed by atoms with Crippen molar-refractivity contribution >= 4 is 55.4 Å². The summed E-state index contributed by atoms with van der Waals surface area (Å²) in [5.74, 6) is 0.980. The molecule has 168 valence electrons. The van der Waals surface area contributed by atoms with Crippen LogP contribution in [0.3, 0.4) is 0 Å². The van der Waals surface area contributed by atoms with E-state index in [1.807, 2.05) is 0 Å². The molecule has 35 heavy (non-hydrogen) atoms. The average Bonchev–Trinajstić information content (AvgIpc) is 3.21. The molecular weight excluding hydrogens is 419 g/mol. The summed E-state index contributed by atoms with van der Waals surface area (Å²) >= 11 is 0. The van der Waals surface area contributed by atoms with Gasteiger partial charge in [0.25, 0.3) is 0 Å². The summed E-state index contributed by atoms with van der Waals surface area (Å²) in [6, 6.07) is 34.6. The molecule has 0 bridgehead atoms. The van der Waals surface area contributed by atoms with Crippen molar-refractivity contribution in [2.24, 2.45) is 0 Å². The molecule has 0 saturated carbocycles. The minimum absolute atomic E-state index is 0.265. The van der Waals surface area contributed by atoms with Gasteiger partial charge in [0.05, 0.1) is 0 Å². The lowest BCUT2D eigenvalue weighted by Gasteiger charge is -2.22. The van der Waals surface area contributed by atoms with Crippen LogP contribution in [0.2, 0.25) is 0 Å². The van der Waals surface area contributed by atoms with Gasteiger partial charge in [0, 0.05) is 0 Å². The van der Waals surface area contributed by atoms with Crippen LogP contribution in [-0.2, 0) is 0 Å². The SMILES string of the molecule is CC(C)c1cc(C(C)C)c2ccc3c4c(cc5ccc1c2c53)-c1ccccc1B4c1ccccc1. The predicted molar refractivity (Wildman–Crippen MR) is 155 cm³/mol. The molecule has 0 aliphatic carbocycles. The summed E-state index contributed by atoms with van der Waals surface area (Å²) < 4.78 is 0. The number of benzene rings is 6. The van der Waals surface area contributed by atoms with E-state index in [2.05, 4.69) is 119 Å². The molecule has 0 radical (unpaired) electrons. The normalized spacial score (nSPS) is 13.0. The summed E-state index contributed by atoms with van der Waals surface area (Å²) in [4.78, 5) is 0. The Morgan fingerprint density at radius 2 is 1.17 bits per heavy atom. The van der Waals surface area contributed by atoms with Gasteiger partial charge in [0.2, 0.25) is 6.71 Å². The van der Waals surface area contributed by atoms with Crippen LogP contribution in [0, 0.1) is 0 Å². The second kappa shape index (κ2) is 7.46. The second-order valence-electron chi connectivity index (χ2n) is 10.9. The maximum absolute atomic E-state index is 2.48. The van der Waals surface area contributed by atoms with Gasteiger partial charge in [-0.2, -0.15) is 0 Å². The molecule has 0 unspecified atom stereocenters. The van der Waals surface area contributed by atoms with Crippen LogP contribution in [0.15, 0.2) is 91.0 Å². The van der Waals surface area contributed by atoms with E-state index in [9.17, 15) is 0 Å². The van der Waals surface area contributed by atoms with Crippen LogP contribution in [0.4, 0.5) is 0 Å². The largest absolute Gasteiger partial charge is 0.243 e. The molecule has 0 atom stereocenters. The van der Waals surface area contributed by atoms with Crippen molar-refractivity contribution in [3.05, 3.63) is 102 Å². The number of rotatable bonds is 3. The maximum Gasteiger partial charge on any atom is 0.243 e. The Morgan fingerprint density at radius 3 is 1.89 bits per heavy atom. The Morgan fingerprint density at radius 1 is 0.543 bits per heavy atom. The number of hydrogen-bond acceptors (Lipinski definition) is 0. The fourth-order valence-electron chi connectivity index (χ4n) is 6.68. The summed E-state index contributed by atoms with van der Waals surface area (Å²) in [5, 5.41) is 8.51. The molecule has 0 fully saturated rings. The van der Waals surface area contributed by atoms with E-state index in [1.54, 1.807) is 0 Å². The first-order valence-corrected chi connectivity index (χ1v) is 13.0. The minimum atomic E-state index is 0.265. The predicted octanol–water partition coefficient (Wildman–Crippen LogP) is 7.33. The molecule has 7 rings (SSSR count). The van der Waals surface area contributed by atoms with E-state index < -0.39 is 0 Å². The first kappa shape index (κ1) is 20.8. The van der Waals surface area contributed by atoms with Gasteiger partial charge in [0.15, 0.2) is 0 Å². The summed E-state index contributed by atoms with van der Waals surface area (Å²) in [7, 11) is 0. The standard InChI is InChI=1S/C34H29B/c1-20(2)28-19-29(21(3)4)26-16-17-27-32-22(14-15-25(28)33(26)32)18-30-24-12-8-9-13-31(24)35(34(27)30)23-10-6-5-7-11-23/h5-21H,1-4H3. The van der Waals surface area contributed by atoms with Crippen molar-refractivity contribution < 1.29 is 0 Å². The molecule has 6 aromatic rings. The van der Waals surface area contributed by atoms with Crippen molar-refractivity contribution in [1.82, 2.24) is 0 Å². The third-order valence-corrected chi connectivity index (χ3v) is 8.23. The molecule has 0 saturated heterocycles. The third-order valence-electron chi connectivity index (χ3n) is 8.23. The zero-order chi connectivity index (χ0) is 23.8. The van der Waals surface area contributed by atoms with Crippen LogP contribution in [-0.4, -0.2) is 6.71 Å². The minimum Gasteiger partial charge on any atom is -0.0686 e. The van der Waals surface area contributed by atoms with Crippen molar-refractivity contribution in [1.29, 1.82) is 0 Å². The van der Waals surface area contributed by atoms with Crippen LogP contribution in [0.5, 0.6) is 0 Å². The molecule has 1 heterocycles. The van der Waals surface area contributed by atoms with Crippen LogP contribution >= 0.6 is 0 Å². The maximum atomic E-state index is 2.48. The zero-order valence-corrected chi connectivity index (χ0v) is 20.9. The van der Waals surface area contributed by atoms with Crippen LogP contribution < -0.4 is 16.4 Å². The monoisotopic (exact) mass is 448 g/mol. The van der Waals surface area contributed by atoms with Gasteiger partial charge < -0.3 is 0 Å². The molecule has 1 heteroatoms. The topological polar surface area (TPSA) is 0 Å². The Labute approximate surface area is 208 Å². The van der Waals surface area contributed by atoms with Crippen LogP contribution in [0.25, 0.3) is 43.4 Å². The highest BCUT2D eigenvalue weighted by Crippen LogP contribution is 2.43. The first-order chi connectivity index (χ1) is 17.0. The van der Waals surface area contributed by atoms with Gasteiger partial charge in [-0.05, 0) is 72.5 Å². The smallest absolute Gasteiger partial charge is 0.0686 e. The molecule has 0 N–H and O–H groups in total. The van der Waals surface area contributed by atoms with Gasteiger partial charge in [-0.1, -0.05) is 129 Å². The molecule has 1 aliphatic heterocycles. The molecule has 6 aromatic carbocycles. The highest BCUT2D eigenvalue weighted by atomic mass is 14.3. The van der Waals surface area contributed by atoms with E-state index in [0.717, 1.165) is 0 Å². The molecule has 0 nitrogen and oxygen atoms in total. The van der Waals surface area contributed by atoms with Crippen molar-refractivity contribution in [2.45, 2.75) is 39.5 Å². The van der Waals surface area contributed by atoms with Crippen molar-refractivity contribution in [3.63, 3.8) is 0 Å². The summed E-state index contributed by atoms with van der Waals surface area (Å²) in [5.41, 5.74) is 9.99. The summed E-state index contributed by atoms with van der Waals surface area (Å²) in [6.07, 6.45) is 0. The number of fused-ring (bicyclic) bond motifs is 4. The Kier molecular flexibility index (Phi) is 4.43. The molecule has 0 aromatic heterocycles. The van der Waals surface area contributed by atoms with Crippen LogP contribution in [0.1, 0.15) is 50.7 Å². The Balaban J connectivity index is 1.67. The van der Waals surface area contributed by atoms with E-state index in [-0.39, 0.29) is 6.71 Å². The first-order valence-electron chi connectivity index (χ1n) is 13.0. The molecular formula is C34H29B. The van der Waals surface area contributed by atoms with Gasteiger partial charge >= 0.3 is 0 Å². The highest BCUT2D eigenvalue weighted by molar-refractivity contribution is 7.00. The fraction of sp³-hybridized carbons (Fsp3) is 0.176. The van der Waals surface area contributed by atoms with Gasteiger partial charge in [-0.15, -0.1) is 0 Å². The fourth-order valence-corrected chi connectivity index (χ4v) is 6.68. The highest BCUT2D eigenvalue weighted by Gasteiger charge is 2.35. The van der Waals surface area contributed by atoms with Crippen molar-refractivity contribution in [2.75, 3.05) is 0 Å². The quantitative estimate of drug-likeness (QED) is 0.196. The number of hydrogen-bond donors (Lipinski definition) is 0. The second-order valence-corrected chi connectivity index (χ2v) is 10.9. The van der Waals surface area contributed by atoms with Crippen molar-refractivity contribution in [3.8, 4) is 11.1 Å². The molecule has 1 aliphatic rings. The molecule has 0 amide bonds. The Hall–Kier alpha value is -3.58. The van der Waals surface area contributed by atoms with Gasteiger partial charge in [-0.25, -0.2) is 0 Å². The third kappa shape index (κ3) is 2.82. The lowest BCUT2D eigenvalue weighted by atomic mass is 9.38. The van der Waals surface area contributed by atoms with Gasteiger partial charge in [0.1, 0.15) is 0 Å². The van der Waals surface area contributed by atoms with E-state index in [1.165, 1.54) is 71.0 Å². The summed E-state index contributed by atoms with van der Waals surface area (Å²) in [6.45, 7) is 9.58.